The van der Waals surface area contributed by atoms with Crippen LogP contribution in [0.15, 0.2) is 24.3 Å². The summed E-state index contributed by atoms with van der Waals surface area (Å²) in [5.41, 5.74) is 0.528. The van der Waals surface area contributed by atoms with Gasteiger partial charge in [0.1, 0.15) is 5.82 Å². The summed E-state index contributed by atoms with van der Waals surface area (Å²) in [7, 11) is 0. The Labute approximate surface area is 101 Å². The molecular formula is C13H18FNO2. The molecule has 1 aliphatic rings. The number of anilines is 1. The third kappa shape index (κ3) is 3.98. The molecule has 94 valence electrons. The minimum atomic E-state index is -0.225. The molecule has 1 aliphatic heterocycles. The second-order valence-corrected chi connectivity index (χ2v) is 4.21. The van der Waals surface area contributed by atoms with Crippen molar-refractivity contribution in [3.05, 3.63) is 30.1 Å². The van der Waals surface area contributed by atoms with Crippen LogP contribution in [0.25, 0.3) is 0 Å². The van der Waals surface area contributed by atoms with Crippen LogP contribution in [0.2, 0.25) is 0 Å². The fraction of sp³-hybridized carbons (Fsp3) is 0.538. The highest BCUT2D eigenvalue weighted by Crippen LogP contribution is 2.13. The number of halogens is 1. The van der Waals surface area contributed by atoms with Crippen molar-refractivity contribution in [3.8, 4) is 0 Å². The third-order valence-corrected chi connectivity index (χ3v) is 2.81. The van der Waals surface area contributed by atoms with E-state index in [-0.39, 0.29) is 5.82 Å². The molecule has 4 heteroatoms. The Hall–Kier alpha value is -1.13. The second kappa shape index (κ2) is 6.57. The maximum Gasteiger partial charge on any atom is 0.146 e. The van der Waals surface area contributed by atoms with Gasteiger partial charge in [-0.1, -0.05) is 12.1 Å². The Balaban J connectivity index is 1.58. The van der Waals surface area contributed by atoms with Gasteiger partial charge >= 0.3 is 0 Å². The maximum atomic E-state index is 13.2. The SMILES string of the molecule is Fc1ccccc1NCCOCC1CCOC1. The topological polar surface area (TPSA) is 30.5 Å². The van der Waals surface area contributed by atoms with Crippen molar-refractivity contribution >= 4 is 5.69 Å². The molecule has 1 atom stereocenters. The summed E-state index contributed by atoms with van der Waals surface area (Å²) in [6.45, 7) is 3.60. The number of hydrogen-bond donors (Lipinski definition) is 1. The molecule has 3 nitrogen and oxygen atoms in total. The molecule has 1 heterocycles. The minimum absolute atomic E-state index is 0.225. The van der Waals surface area contributed by atoms with Crippen LogP contribution in [0.3, 0.4) is 0 Å². The van der Waals surface area contributed by atoms with Gasteiger partial charge in [-0.2, -0.15) is 0 Å². The van der Waals surface area contributed by atoms with Crippen LogP contribution in [0.1, 0.15) is 6.42 Å². The van der Waals surface area contributed by atoms with Gasteiger partial charge in [-0.25, -0.2) is 4.39 Å². The summed E-state index contributed by atoms with van der Waals surface area (Å²) in [5.74, 6) is 0.306. The van der Waals surface area contributed by atoms with E-state index in [4.69, 9.17) is 9.47 Å². The summed E-state index contributed by atoms with van der Waals surface area (Å²) in [5, 5.41) is 3.01. The molecular weight excluding hydrogens is 221 g/mol. The van der Waals surface area contributed by atoms with E-state index in [1.807, 2.05) is 6.07 Å². The van der Waals surface area contributed by atoms with E-state index < -0.39 is 0 Å². The molecule has 1 aromatic rings. The molecule has 0 spiro atoms. The molecule has 1 saturated heterocycles. The Bertz CT molecular complexity index is 340. The summed E-state index contributed by atoms with van der Waals surface area (Å²) in [6.07, 6.45) is 1.08. The van der Waals surface area contributed by atoms with Gasteiger partial charge in [-0.3, -0.25) is 0 Å². The molecule has 0 radical (unpaired) electrons. The first-order valence-electron chi connectivity index (χ1n) is 6.00. The van der Waals surface area contributed by atoms with Gasteiger partial charge in [0.25, 0.3) is 0 Å². The third-order valence-electron chi connectivity index (χ3n) is 2.81. The lowest BCUT2D eigenvalue weighted by molar-refractivity contribution is 0.0964. The van der Waals surface area contributed by atoms with Crippen molar-refractivity contribution in [1.29, 1.82) is 0 Å². The molecule has 2 rings (SSSR count). The van der Waals surface area contributed by atoms with Gasteiger partial charge in [-0.05, 0) is 18.6 Å². The quantitative estimate of drug-likeness (QED) is 0.773. The van der Waals surface area contributed by atoms with E-state index in [9.17, 15) is 4.39 Å². The number of para-hydroxylation sites is 1. The molecule has 1 unspecified atom stereocenters. The summed E-state index contributed by atoms with van der Waals surface area (Å²) >= 11 is 0. The van der Waals surface area contributed by atoms with E-state index in [0.717, 1.165) is 26.2 Å². The van der Waals surface area contributed by atoms with E-state index in [1.54, 1.807) is 12.1 Å². The lowest BCUT2D eigenvalue weighted by Gasteiger charge is -2.10. The minimum Gasteiger partial charge on any atom is -0.381 e. The summed E-state index contributed by atoms with van der Waals surface area (Å²) < 4.78 is 24.0. The van der Waals surface area contributed by atoms with Gasteiger partial charge < -0.3 is 14.8 Å². The Morgan fingerprint density at radius 3 is 3.06 bits per heavy atom. The van der Waals surface area contributed by atoms with Gasteiger partial charge in [0.2, 0.25) is 0 Å². The van der Waals surface area contributed by atoms with Crippen LogP contribution in [0.5, 0.6) is 0 Å². The Morgan fingerprint density at radius 1 is 1.41 bits per heavy atom. The van der Waals surface area contributed by atoms with Gasteiger partial charge in [0.05, 0.1) is 25.5 Å². The second-order valence-electron chi connectivity index (χ2n) is 4.21. The smallest absolute Gasteiger partial charge is 0.146 e. The van der Waals surface area contributed by atoms with Crippen molar-refractivity contribution in [3.63, 3.8) is 0 Å². The van der Waals surface area contributed by atoms with Crippen LogP contribution in [-0.2, 0) is 9.47 Å². The molecule has 0 aliphatic carbocycles. The molecule has 0 saturated carbocycles. The highest BCUT2D eigenvalue weighted by Gasteiger charge is 2.15. The van der Waals surface area contributed by atoms with E-state index in [2.05, 4.69) is 5.32 Å². The average molecular weight is 239 g/mol. The zero-order valence-corrected chi connectivity index (χ0v) is 9.82. The van der Waals surface area contributed by atoms with Crippen molar-refractivity contribution < 1.29 is 13.9 Å². The maximum absolute atomic E-state index is 13.2. The summed E-state index contributed by atoms with van der Waals surface area (Å²) in [4.78, 5) is 0. The lowest BCUT2D eigenvalue weighted by atomic mass is 10.1. The standard InChI is InChI=1S/C13H18FNO2/c14-12-3-1-2-4-13(12)15-6-8-17-10-11-5-7-16-9-11/h1-4,11,15H,5-10H2. The zero-order valence-electron chi connectivity index (χ0n) is 9.82. The normalized spacial score (nSPS) is 19.5. The number of rotatable bonds is 6. The summed E-state index contributed by atoms with van der Waals surface area (Å²) in [6, 6.07) is 6.65. The predicted octanol–water partition coefficient (Wildman–Crippen LogP) is 2.29. The van der Waals surface area contributed by atoms with E-state index in [1.165, 1.54) is 6.07 Å². The molecule has 0 aromatic heterocycles. The van der Waals surface area contributed by atoms with Crippen molar-refractivity contribution in [2.45, 2.75) is 6.42 Å². The molecule has 1 aromatic carbocycles. The van der Waals surface area contributed by atoms with Crippen LogP contribution < -0.4 is 5.32 Å². The molecule has 1 N–H and O–H groups in total. The van der Waals surface area contributed by atoms with Gasteiger partial charge in [-0.15, -0.1) is 0 Å². The average Bonchev–Trinajstić information content (AvgIpc) is 2.84. The molecule has 1 fully saturated rings. The van der Waals surface area contributed by atoms with E-state index >= 15 is 0 Å². The molecule has 0 amide bonds. The highest BCUT2D eigenvalue weighted by molar-refractivity contribution is 5.44. The van der Waals surface area contributed by atoms with Crippen LogP contribution in [0, 0.1) is 11.7 Å². The first-order chi connectivity index (χ1) is 8.36. The fourth-order valence-electron chi connectivity index (χ4n) is 1.83. The number of ether oxygens (including phenoxy) is 2. The highest BCUT2D eigenvalue weighted by atomic mass is 19.1. The first kappa shape index (κ1) is 12.3. The molecule has 17 heavy (non-hydrogen) atoms. The predicted molar refractivity (Wildman–Crippen MR) is 64.6 cm³/mol. The Morgan fingerprint density at radius 2 is 2.29 bits per heavy atom. The first-order valence-corrected chi connectivity index (χ1v) is 6.00. The zero-order chi connectivity index (χ0) is 11.9. The van der Waals surface area contributed by atoms with Crippen molar-refractivity contribution in [1.82, 2.24) is 0 Å². The number of hydrogen-bond acceptors (Lipinski definition) is 3. The van der Waals surface area contributed by atoms with Crippen LogP contribution in [0.4, 0.5) is 10.1 Å². The van der Waals surface area contributed by atoms with Crippen molar-refractivity contribution in [2.24, 2.45) is 5.92 Å². The van der Waals surface area contributed by atoms with Crippen molar-refractivity contribution in [2.75, 3.05) is 38.3 Å². The monoisotopic (exact) mass is 239 g/mol. The van der Waals surface area contributed by atoms with Gasteiger partial charge in [0, 0.05) is 19.1 Å². The fourth-order valence-corrected chi connectivity index (χ4v) is 1.83. The molecule has 0 bridgehead atoms. The van der Waals surface area contributed by atoms with Gasteiger partial charge in [0.15, 0.2) is 0 Å². The van der Waals surface area contributed by atoms with Crippen LogP contribution >= 0.6 is 0 Å². The number of nitrogens with one attached hydrogen (secondary N) is 1. The lowest BCUT2D eigenvalue weighted by Crippen LogP contribution is -2.15. The largest absolute Gasteiger partial charge is 0.381 e. The van der Waals surface area contributed by atoms with E-state index in [0.29, 0.717) is 24.8 Å². The number of benzene rings is 1. The van der Waals surface area contributed by atoms with Crippen LogP contribution in [-0.4, -0.2) is 33.0 Å². The Kier molecular flexibility index (Phi) is 4.76.